The van der Waals surface area contributed by atoms with Crippen LogP contribution in [-0.2, 0) is 11.2 Å². The standard InChI is InChI=1S/C23H29N5O3/c1-4-19-25-13(3)20-23(30)26-22(27-28(19)20)17-12-16(10-11-18(17)31-5-2)14-6-8-15(9-7-14)21(24)29/h10-12,14-15H,4-9H2,1-3H3,(H2,24,29)(H,26,27,30). The van der Waals surface area contributed by atoms with Crippen molar-refractivity contribution in [1.29, 1.82) is 0 Å². The van der Waals surface area contributed by atoms with Crippen LogP contribution in [0.4, 0.5) is 0 Å². The molecule has 8 nitrogen and oxygen atoms in total. The van der Waals surface area contributed by atoms with Crippen molar-refractivity contribution in [1.82, 2.24) is 19.6 Å². The summed E-state index contributed by atoms with van der Waals surface area (Å²) in [5.41, 5.74) is 8.31. The molecule has 4 rings (SSSR count). The van der Waals surface area contributed by atoms with E-state index in [4.69, 9.17) is 15.6 Å². The highest BCUT2D eigenvalue weighted by Crippen LogP contribution is 2.39. The van der Waals surface area contributed by atoms with Gasteiger partial charge in [-0.3, -0.25) is 9.59 Å². The molecular weight excluding hydrogens is 394 g/mol. The molecule has 1 amide bonds. The fourth-order valence-corrected chi connectivity index (χ4v) is 4.57. The third-order valence-electron chi connectivity index (χ3n) is 6.22. The van der Waals surface area contributed by atoms with Gasteiger partial charge < -0.3 is 15.5 Å². The van der Waals surface area contributed by atoms with Gasteiger partial charge in [-0.15, -0.1) is 5.10 Å². The highest BCUT2D eigenvalue weighted by atomic mass is 16.5. The van der Waals surface area contributed by atoms with Crippen molar-refractivity contribution in [2.75, 3.05) is 6.61 Å². The summed E-state index contributed by atoms with van der Waals surface area (Å²) in [5, 5.41) is 4.72. The van der Waals surface area contributed by atoms with E-state index in [1.54, 1.807) is 4.52 Å². The molecule has 2 heterocycles. The number of primary amides is 1. The number of carbonyl (C=O) groups excluding carboxylic acids is 1. The van der Waals surface area contributed by atoms with Gasteiger partial charge in [-0.25, -0.2) is 9.50 Å². The van der Waals surface area contributed by atoms with Gasteiger partial charge in [-0.1, -0.05) is 13.0 Å². The molecule has 0 spiro atoms. The van der Waals surface area contributed by atoms with Crippen LogP contribution in [0, 0.1) is 12.8 Å². The molecule has 31 heavy (non-hydrogen) atoms. The number of H-pyrrole nitrogens is 1. The van der Waals surface area contributed by atoms with Gasteiger partial charge in [0.2, 0.25) is 5.91 Å². The molecule has 1 fully saturated rings. The van der Waals surface area contributed by atoms with Crippen LogP contribution in [0.2, 0.25) is 0 Å². The molecule has 0 unspecified atom stereocenters. The number of fused-ring (bicyclic) bond motifs is 1. The summed E-state index contributed by atoms with van der Waals surface area (Å²) in [6.07, 6.45) is 4.09. The van der Waals surface area contributed by atoms with Gasteiger partial charge in [0.25, 0.3) is 5.56 Å². The van der Waals surface area contributed by atoms with Gasteiger partial charge in [-0.2, -0.15) is 0 Å². The number of benzene rings is 1. The van der Waals surface area contributed by atoms with Gasteiger partial charge in [0.1, 0.15) is 11.6 Å². The van der Waals surface area contributed by atoms with E-state index in [0.717, 1.165) is 42.6 Å². The molecule has 0 atom stereocenters. The van der Waals surface area contributed by atoms with E-state index in [0.29, 0.717) is 41.7 Å². The smallest absolute Gasteiger partial charge is 0.277 e. The van der Waals surface area contributed by atoms with Crippen molar-refractivity contribution in [3.05, 3.63) is 45.6 Å². The largest absolute Gasteiger partial charge is 0.493 e. The van der Waals surface area contributed by atoms with Crippen molar-refractivity contribution >= 4 is 11.4 Å². The van der Waals surface area contributed by atoms with E-state index in [-0.39, 0.29) is 17.4 Å². The van der Waals surface area contributed by atoms with E-state index in [9.17, 15) is 9.59 Å². The molecule has 0 aliphatic heterocycles. The van der Waals surface area contributed by atoms with Gasteiger partial charge in [-0.05, 0) is 63.1 Å². The lowest BCUT2D eigenvalue weighted by molar-refractivity contribution is -0.122. The lowest BCUT2D eigenvalue weighted by atomic mass is 9.78. The van der Waals surface area contributed by atoms with E-state index in [1.807, 2.05) is 26.8 Å². The highest BCUT2D eigenvalue weighted by molar-refractivity contribution is 5.76. The molecule has 1 saturated carbocycles. The third kappa shape index (κ3) is 3.94. The minimum Gasteiger partial charge on any atom is -0.493 e. The number of amides is 1. The Morgan fingerprint density at radius 3 is 2.65 bits per heavy atom. The molecule has 1 aromatic carbocycles. The van der Waals surface area contributed by atoms with E-state index >= 15 is 0 Å². The first-order valence-corrected chi connectivity index (χ1v) is 11.0. The molecule has 0 saturated heterocycles. The Morgan fingerprint density at radius 1 is 1.26 bits per heavy atom. The zero-order chi connectivity index (χ0) is 22.1. The number of carbonyl (C=O) groups is 1. The normalized spacial score (nSPS) is 18.9. The van der Waals surface area contributed by atoms with Gasteiger partial charge in [0, 0.05) is 12.3 Å². The summed E-state index contributed by atoms with van der Waals surface area (Å²) in [7, 11) is 0. The fourth-order valence-electron chi connectivity index (χ4n) is 4.57. The third-order valence-corrected chi connectivity index (χ3v) is 6.22. The van der Waals surface area contributed by atoms with E-state index in [2.05, 4.69) is 22.1 Å². The second kappa shape index (κ2) is 8.53. The van der Waals surface area contributed by atoms with Crippen molar-refractivity contribution in [2.24, 2.45) is 11.7 Å². The second-order valence-electron chi connectivity index (χ2n) is 8.17. The van der Waals surface area contributed by atoms with Crippen LogP contribution in [0.5, 0.6) is 5.75 Å². The maximum Gasteiger partial charge on any atom is 0.277 e. The second-order valence-corrected chi connectivity index (χ2v) is 8.17. The maximum atomic E-state index is 12.8. The number of aryl methyl sites for hydroxylation is 2. The Hall–Kier alpha value is -3.16. The summed E-state index contributed by atoms with van der Waals surface area (Å²) < 4.78 is 7.49. The molecule has 3 N–H and O–H groups in total. The molecule has 8 heteroatoms. The van der Waals surface area contributed by atoms with Crippen molar-refractivity contribution in [3.8, 4) is 17.1 Å². The van der Waals surface area contributed by atoms with Crippen molar-refractivity contribution in [2.45, 2.75) is 58.8 Å². The number of nitrogens with zero attached hydrogens (tertiary/aromatic N) is 3. The van der Waals surface area contributed by atoms with Gasteiger partial charge in [0.05, 0.1) is 17.9 Å². The predicted molar refractivity (Wildman–Crippen MR) is 118 cm³/mol. The van der Waals surface area contributed by atoms with Crippen LogP contribution in [-0.4, -0.2) is 32.1 Å². The molecule has 2 aromatic heterocycles. The topological polar surface area (TPSA) is 115 Å². The number of rotatable bonds is 6. The first kappa shape index (κ1) is 21.1. The first-order valence-electron chi connectivity index (χ1n) is 11.0. The number of hydrogen-bond donors (Lipinski definition) is 2. The van der Waals surface area contributed by atoms with E-state index in [1.165, 1.54) is 0 Å². The summed E-state index contributed by atoms with van der Waals surface area (Å²) in [6, 6.07) is 6.07. The SMILES string of the molecule is CCOc1ccc(C2CCC(C(N)=O)CC2)cc1-c1nn2c(CC)nc(C)c2c(=O)[nH]1. The number of ether oxygens (including phenoxy) is 1. The zero-order valence-electron chi connectivity index (χ0n) is 18.3. The zero-order valence-corrected chi connectivity index (χ0v) is 18.3. The van der Waals surface area contributed by atoms with Crippen molar-refractivity contribution < 1.29 is 9.53 Å². The Labute approximate surface area is 180 Å². The molecule has 164 valence electrons. The van der Waals surface area contributed by atoms with Crippen LogP contribution >= 0.6 is 0 Å². The molecule has 3 aromatic rings. The lowest BCUT2D eigenvalue weighted by Gasteiger charge is -2.27. The van der Waals surface area contributed by atoms with Crippen molar-refractivity contribution in [3.63, 3.8) is 0 Å². The predicted octanol–water partition coefficient (Wildman–Crippen LogP) is 3.11. The van der Waals surface area contributed by atoms with Crippen LogP contribution < -0.4 is 16.0 Å². The minimum atomic E-state index is -0.218. The Balaban J connectivity index is 1.77. The summed E-state index contributed by atoms with van der Waals surface area (Å²) in [6.45, 7) is 6.24. The number of nitrogens with two attached hydrogens (primary N) is 1. The number of hydrogen-bond acceptors (Lipinski definition) is 5. The van der Waals surface area contributed by atoms with E-state index < -0.39 is 0 Å². The lowest BCUT2D eigenvalue weighted by Crippen LogP contribution is -2.27. The number of aromatic nitrogens is 4. The van der Waals surface area contributed by atoms with Gasteiger partial charge in [0.15, 0.2) is 11.3 Å². The molecule has 1 aliphatic carbocycles. The van der Waals surface area contributed by atoms with Gasteiger partial charge >= 0.3 is 0 Å². The number of imidazole rings is 1. The quantitative estimate of drug-likeness (QED) is 0.632. The fraction of sp³-hybridized carbons (Fsp3) is 0.478. The van der Waals surface area contributed by atoms with Crippen LogP contribution in [0.3, 0.4) is 0 Å². The van der Waals surface area contributed by atoms with Crippen LogP contribution in [0.25, 0.3) is 16.9 Å². The van der Waals surface area contributed by atoms with Crippen LogP contribution in [0.15, 0.2) is 23.0 Å². The number of nitrogens with one attached hydrogen (secondary N) is 1. The Kier molecular flexibility index (Phi) is 5.80. The average molecular weight is 424 g/mol. The minimum absolute atomic E-state index is 0.0317. The maximum absolute atomic E-state index is 12.8. The Bertz CT molecular complexity index is 1170. The summed E-state index contributed by atoms with van der Waals surface area (Å²) >= 11 is 0. The Morgan fingerprint density at radius 2 is 2.00 bits per heavy atom. The monoisotopic (exact) mass is 423 g/mol. The highest BCUT2D eigenvalue weighted by Gasteiger charge is 2.26. The molecular formula is C23H29N5O3. The number of aromatic amines is 1. The first-order chi connectivity index (χ1) is 14.9. The molecule has 0 bridgehead atoms. The van der Waals surface area contributed by atoms with Crippen LogP contribution in [0.1, 0.15) is 62.5 Å². The summed E-state index contributed by atoms with van der Waals surface area (Å²) in [4.78, 5) is 31.8. The summed E-state index contributed by atoms with van der Waals surface area (Å²) in [5.74, 6) is 1.98. The average Bonchev–Trinajstić information content (AvgIpc) is 3.10. The molecule has 0 radical (unpaired) electrons. The molecule has 1 aliphatic rings.